The molecule has 7 nitrogen and oxygen atoms in total. The molecule has 1 aliphatic carbocycles. The summed E-state index contributed by atoms with van der Waals surface area (Å²) in [6.45, 7) is 3.88. The quantitative estimate of drug-likeness (QED) is 0.603. The van der Waals surface area contributed by atoms with Crippen LogP contribution in [0.2, 0.25) is 0 Å². The van der Waals surface area contributed by atoms with Crippen LogP contribution >= 0.6 is 0 Å². The van der Waals surface area contributed by atoms with Crippen molar-refractivity contribution < 1.29 is 40.8 Å². The molecule has 0 atom stereocenters. The number of hydrogen-bond acceptors (Lipinski definition) is 6. The molecule has 1 saturated carbocycles. The first-order chi connectivity index (χ1) is 10.4. The fourth-order valence-electron chi connectivity index (χ4n) is 3.03. The zero-order chi connectivity index (χ0) is 17.5. The standard InChI is InChI=1S/C13H20F2O7S/c1-11(2,22-10(16)13(14,15)23(17,18)19)9-3-5-12(6-4-9)20-7-8-21-12/h9H,3-8H2,1-2H3,(H,17,18,19). The van der Waals surface area contributed by atoms with E-state index in [2.05, 4.69) is 0 Å². The summed E-state index contributed by atoms with van der Waals surface area (Å²) < 4.78 is 72.1. The Morgan fingerprint density at radius 3 is 2.13 bits per heavy atom. The minimum absolute atomic E-state index is 0.262. The molecule has 0 unspecified atom stereocenters. The molecule has 0 aromatic carbocycles. The third-order valence-corrected chi connectivity index (χ3v) is 5.28. The molecular formula is C13H20F2O7S. The summed E-state index contributed by atoms with van der Waals surface area (Å²) in [5, 5.41) is -4.99. The van der Waals surface area contributed by atoms with Gasteiger partial charge in [0, 0.05) is 12.8 Å². The van der Waals surface area contributed by atoms with Gasteiger partial charge < -0.3 is 14.2 Å². The van der Waals surface area contributed by atoms with Gasteiger partial charge in [0.05, 0.1) is 13.2 Å². The van der Waals surface area contributed by atoms with Crippen molar-refractivity contribution in [2.24, 2.45) is 5.92 Å². The third kappa shape index (κ3) is 3.65. The van der Waals surface area contributed by atoms with Gasteiger partial charge in [-0.25, -0.2) is 4.79 Å². The third-order valence-electron chi connectivity index (χ3n) is 4.46. The van der Waals surface area contributed by atoms with Gasteiger partial charge in [-0.1, -0.05) is 0 Å². The topological polar surface area (TPSA) is 99.1 Å². The summed E-state index contributed by atoms with van der Waals surface area (Å²) in [4.78, 5) is 11.5. The maximum absolute atomic E-state index is 13.3. The van der Waals surface area contributed by atoms with E-state index in [-0.39, 0.29) is 5.92 Å². The first-order valence-electron chi connectivity index (χ1n) is 7.26. The van der Waals surface area contributed by atoms with Crippen molar-refractivity contribution in [2.45, 2.75) is 56.2 Å². The van der Waals surface area contributed by atoms with E-state index in [1.165, 1.54) is 13.8 Å². The van der Waals surface area contributed by atoms with Crippen molar-refractivity contribution in [3.05, 3.63) is 0 Å². The van der Waals surface area contributed by atoms with Crippen LogP contribution in [-0.2, 0) is 29.1 Å². The molecule has 0 bridgehead atoms. The molecule has 2 fully saturated rings. The fourth-order valence-corrected chi connectivity index (χ4v) is 3.28. The normalized spacial score (nSPS) is 23.2. The van der Waals surface area contributed by atoms with Crippen LogP contribution in [0.15, 0.2) is 0 Å². The molecule has 134 valence electrons. The number of rotatable bonds is 4. The molecule has 23 heavy (non-hydrogen) atoms. The lowest BCUT2D eigenvalue weighted by molar-refractivity contribution is -0.202. The summed E-state index contributed by atoms with van der Waals surface area (Å²) >= 11 is 0. The Bertz CT molecular complexity index is 557. The van der Waals surface area contributed by atoms with Crippen LogP contribution < -0.4 is 0 Å². The van der Waals surface area contributed by atoms with Gasteiger partial charge in [0.2, 0.25) is 0 Å². The van der Waals surface area contributed by atoms with Gasteiger partial charge in [-0.05, 0) is 32.6 Å². The summed E-state index contributed by atoms with van der Waals surface area (Å²) in [6.07, 6.45) is 2.09. The van der Waals surface area contributed by atoms with Crippen LogP contribution in [0.1, 0.15) is 39.5 Å². The largest absolute Gasteiger partial charge is 0.465 e. The second kappa shape index (κ2) is 5.91. The van der Waals surface area contributed by atoms with Crippen molar-refractivity contribution in [3.8, 4) is 0 Å². The highest BCUT2D eigenvalue weighted by Crippen LogP contribution is 2.43. The molecule has 2 rings (SSSR count). The number of carbonyl (C=O) groups is 1. The molecule has 2 aliphatic rings. The van der Waals surface area contributed by atoms with Crippen molar-refractivity contribution in [1.82, 2.24) is 0 Å². The molecule has 0 aromatic rings. The van der Waals surface area contributed by atoms with Crippen LogP contribution in [0.3, 0.4) is 0 Å². The number of hydrogen-bond donors (Lipinski definition) is 1. The highest BCUT2D eigenvalue weighted by Gasteiger charge is 2.56. The molecule has 1 saturated heterocycles. The molecule has 1 heterocycles. The summed E-state index contributed by atoms with van der Waals surface area (Å²) in [5.41, 5.74) is -1.31. The second-order valence-electron chi connectivity index (χ2n) is 6.37. The zero-order valence-corrected chi connectivity index (χ0v) is 13.7. The maximum Gasteiger partial charge on any atom is 0.465 e. The molecule has 0 aromatic heterocycles. The Kier molecular flexibility index (Phi) is 4.75. The predicted molar refractivity (Wildman–Crippen MR) is 73.3 cm³/mol. The average molecular weight is 358 g/mol. The van der Waals surface area contributed by atoms with Crippen LogP contribution in [-0.4, -0.2) is 48.8 Å². The number of halogens is 2. The molecule has 1 N–H and O–H groups in total. The molecule has 0 amide bonds. The highest BCUT2D eigenvalue weighted by molar-refractivity contribution is 7.87. The van der Waals surface area contributed by atoms with Gasteiger partial charge in [0.15, 0.2) is 5.79 Å². The van der Waals surface area contributed by atoms with E-state index in [4.69, 9.17) is 18.8 Å². The Balaban J connectivity index is 2.01. The lowest BCUT2D eigenvalue weighted by atomic mass is 9.76. The van der Waals surface area contributed by atoms with Gasteiger partial charge in [-0.3, -0.25) is 4.55 Å². The fraction of sp³-hybridized carbons (Fsp3) is 0.923. The smallest absolute Gasteiger partial charge is 0.454 e. The lowest BCUT2D eigenvalue weighted by Crippen LogP contribution is -2.48. The Morgan fingerprint density at radius 2 is 1.70 bits per heavy atom. The van der Waals surface area contributed by atoms with E-state index < -0.39 is 32.7 Å². The predicted octanol–water partition coefficient (Wildman–Crippen LogP) is 1.72. The van der Waals surface area contributed by atoms with Crippen LogP contribution in [0.4, 0.5) is 8.78 Å². The highest BCUT2D eigenvalue weighted by atomic mass is 32.2. The van der Waals surface area contributed by atoms with E-state index in [0.717, 1.165) is 0 Å². The van der Waals surface area contributed by atoms with Gasteiger partial charge in [-0.15, -0.1) is 0 Å². The summed E-state index contributed by atoms with van der Waals surface area (Å²) in [7, 11) is -5.87. The molecule has 10 heteroatoms. The number of alkyl halides is 2. The first-order valence-corrected chi connectivity index (χ1v) is 8.70. The van der Waals surface area contributed by atoms with Crippen molar-refractivity contribution in [3.63, 3.8) is 0 Å². The molecule has 1 aliphatic heterocycles. The van der Waals surface area contributed by atoms with E-state index in [1.54, 1.807) is 0 Å². The Labute approximate surface area is 133 Å². The van der Waals surface area contributed by atoms with Crippen LogP contribution in [0, 0.1) is 5.92 Å². The van der Waals surface area contributed by atoms with Crippen molar-refractivity contribution >= 4 is 16.1 Å². The van der Waals surface area contributed by atoms with E-state index in [0.29, 0.717) is 38.9 Å². The molecule has 0 radical (unpaired) electrons. The Morgan fingerprint density at radius 1 is 1.22 bits per heavy atom. The number of esters is 1. The zero-order valence-electron chi connectivity index (χ0n) is 12.9. The van der Waals surface area contributed by atoms with Crippen LogP contribution in [0.5, 0.6) is 0 Å². The van der Waals surface area contributed by atoms with Gasteiger partial charge in [-0.2, -0.15) is 17.2 Å². The summed E-state index contributed by atoms with van der Waals surface area (Å²) in [6, 6.07) is 0. The minimum atomic E-state index is -5.87. The van der Waals surface area contributed by atoms with Gasteiger partial charge in [0.1, 0.15) is 5.60 Å². The molecule has 1 spiro atoms. The van der Waals surface area contributed by atoms with Gasteiger partial charge in [0.25, 0.3) is 0 Å². The number of carbonyl (C=O) groups excluding carboxylic acids is 1. The maximum atomic E-state index is 13.3. The minimum Gasteiger partial charge on any atom is -0.454 e. The van der Waals surface area contributed by atoms with Gasteiger partial charge >= 0.3 is 21.3 Å². The van der Waals surface area contributed by atoms with E-state index in [9.17, 15) is 22.0 Å². The lowest BCUT2D eigenvalue weighted by Gasteiger charge is -2.41. The number of ether oxygens (including phenoxy) is 3. The van der Waals surface area contributed by atoms with Crippen molar-refractivity contribution in [2.75, 3.05) is 13.2 Å². The first kappa shape index (κ1) is 18.5. The monoisotopic (exact) mass is 358 g/mol. The Hall–Kier alpha value is -0.840. The van der Waals surface area contributed by atoms with Crippen LogP contribution in [0.25, 0.3) is 0 Å². The summed E-state index contributed by atoms with van der Waals surface area (Å²) in [5.74, 6) is -3.18. The van der Waals surface area contributed by atoms with E-state index in [1.807, 2.05) is 0 Å². The molecular weight excluding hydrogens is 338 g/mol. The van der Waals surface area contributed by atoms with E-state index >= 15 is 0 Å². The van der Waals surface area contributed by atoms with Crippen molar-refractivity contribution in [1.29, 1.82) is 0 Å². The average Bonchev–Trinajstić information content (AvgIpc) is 2.85. The second-order valence-corrected chi connectivity index (χ2v) is 7.83. The SMILES string of the molecule is CC(C)(OC(=O)C(F)(F)S(=O)(=O)O)C1CCC2(CC1)OCCO2.